The average Bonchev–Trinajstić information content (AvgIpc) is 2.55. The third-order valence-electron chi connectivity index (χ3n) is 3.00. The SMILES string of the molecule is Fc1ccc(Cc2ncccc2Oc2ncc(Cl)cn2)cc1F. The average molecular weight is 334 g/mol. The van der Waals surface area contributed by atoms with Crippen LogP contribution >= 0.6 is 11.6 Å². The van der Waals surface area contributed by atoms with Gasteiger partial charge < -0.3 is 4.74 Å². The first-order valence-electron chi connectivity index (χ1n) is 6.65. The van der Waals surface area contributed by atoms with E-state index in [1.807, 2.05) is 0 Å². The highest BCUT2D eigenvalue weighted by Gasteiger charge is 2.10. The molecule has 3 rings (SSSR count). The van der Waals surface area contributed by atoms with Crippen molar-refractivity contribution in [1.82, 2.24) is 15.0 Å². The topological polar surface area (TPSA) is 47.9 Å². The monoisotopic (exact) mass is 333 g/mol. The number of hydrogen-bond donors (Lipinski definition) is 0. The summed E-state index contributed by atoms with van der Waals surface area (Å²) in [6.07, 6.45) is 4.69. The molecule has 1 aromatic carbocycles. The lowest BCUT2D eigenvalue weighted by Gasteiger charge is -2.09. The fraction of sp³-hybridized carbons (Fsp3) is 0.0625. The molecule has 23 heavy (non-hydrogen) atoms. The lowest BCUT2D eigenvalue weighted by Crippen LogP contribution is -1.99. The molecule has 0 saturated carbocycles. The van der Waals surface area contributed by atoms with Crippen LogP contribution in [0.2, 0.25) is 5.02 Å². The first-order chi connectivity index (χ1) is 11.1. The molecule has 0 saturated heterocycles. The highest BCUT2D eigenvalue weighted by molar-refractivity contribution is 6.30. The molecule has 0 spiro atoms. The van der Waals surface area contributed by atoms with Gasteiger partial charge in [-0.25, -0.2) is 18.7 Å². The van der Waals surface area contributed by atoms with Crippen LogP contribution in [0.25, 0.3) is 0 Å². The van der Waals surface area contributed by atoms with E-state index in [0.717, 1.165) is 12.1 Å². The smallest absolute Gasteiger partial charge is 0.322 e. The molecule has 116 valence electrons. The summed E-state index contributed by atoms with van der Waals surface area (Å²) >= 11 is 5.72. The van der Waals surface area contributed by atoms with Crippen molar-refractivity contribution in [3.63, 3.8) is 0 Å². The molecule has 0 aliphatic carbocycles. The van der Waals surface area contributed by atoms with Gasteiger partial charge in [0.1, 0.15) is 0 Å². The Morgan fingerprint density at radius 1 is 1.00 bits per heavy atom. The molecule has 0 fully saturated rings. The van der Waals surface area contributed by atoms with E-state index in [0.29, 0.717) is 22.0 Å². The zero-order valence-electron chi connectivity index (χ0n) is 11.7. The van der Waals surface area contributed by atoms with Crippen LogP contribution in [0.3, 0.4) is 0 Å². The zero-order valence-corrected chi connectivity index (χ0v) is 12.5. The molecule has 2 aromatic heterocycles. The standard InChI is InChI=1S/C16H10ClF2N3O/c17-11-8-21-16(22-9-11)23-15-2-1-5-20-14(15)7-10-3-4-12(18)13(19)6-10/h1-6,8-9H,7H2. The highest BCUT2D eigenvalue weighted by atomic mass is 35.5. The third kappa shape index (κ3) is 3.78. The molecular weight excluding hydrogens is 324 g/mol. The van der Waals surface area contributed by atoms with E-state index in [-0.39, 0.29) is 12.4 Å². The van der Waals surface area contributed by atoms with E-state index >= 15 is 0 Å². The van der Waals surface area contributed by atoms with Crippen molar-refractivity contribution >= 4 is 11.6 Å². The van der Waals surface area contributed by atoms with Crippen molar-refractivity contribution in [1.29, 1.82) is 0 Å². The Morgan fingerprint density at radius 2 is 1.78 bits per heavy atom. The Balaban J connectivity index is 1.85. The molecule has 3 aromatic rings. The van der Waals surface area contributed by atoms with E-state index in [9.17, 15) is 8.78 Å². The van der Waals surface area contributed by atoms with Crippen molar-refractivity contribution in [2.45, 2.75) is 6.42 Å². The first-order valence-corrected chi connectivity index (χ1v) is 7.03. The number of nitrogens with zero attached hydrogens (tertiary/aromatic N) is 3. The zero-order chi connectivity index (χ0) is 16.2. The quantitative estimate of drug-likeness (QED) is 0.718. The summed E-state index contributed by atoms with van der Waals surface area (Å²) in [6.45, 7) is 0. The minimum atomic E-state index is -0.901. The maximum atomic E-state index is 13.3. The molecule has 0 aliphatic rings. The predicted octanol–water partition coefficient (Wildman–Crippen LogP) is 4.19. The molecular formula is C16H10ClF2N3O. The maximum Gasteiger partial charge on any atom is 0.322 e. The Kier molecular flexibility index (Phi) is 4.43. The molecule has 0 atom stereocenters. The van der Waals surface area contributed by atoms with Gasteiger partial charge in [0.25, 0.3) is 0 Å². The van der Waals surface area contributed by atoms with Gasteiger partial charge in [0.15, 0.2) is 17.4 Å². The minimum absolute atomic E-state index is 0.119. The third-order valence-corrected chi connectivity index (χ3v) is 3.20. The largest absolute Gasteiger partial charge is 0.422 e. The molecule has 0 radical (unpaired) electrons. The van der Waals surface area contributed by atoms with Crippen molar-refractivity contribution in [2.75, 3.05) is 0 Å². The fourth-order valence-corrected chi connectivity index (χ4v) is 2.04. The highest BCUT2D eigenvalue weighted by Crippen LogP contribution is 2.24. The van der Waals surface area contributed by atoms with Crippen LogP contribution in [0.1, 0.15) is 11.3 Å². The van der Waals surface area contributed by atoms with Crippen LogP contribution in [0.15, 0.2) is 48.9 Å². The van der Waals surface area contributed by atoms with Gasteiger partial charge in [-0.15, -0.1) is 0 Å². The van der Waals surface area contributed by atoms with Gasteiger partial charge in [-0.2, -0.15) is 0 Å². The van der Waals surface area contributed by atoms with E-state index in [1.54, 1.807) is 18.3 Å². The van der Waals surface area contributed by atoms with Crippen LogP contribution in [-0.2, 0) is 6.42 Å². The lowest BCUT2D eigenvalue weighted by molar-refractivity contribution is 0.434. The summed E-state index contributed by atoms with van der Waals surface area (Å²) in [4.78, 5) is 12.1. The van der Waals surface area contributed by atoms with Crippen LogP contribution < -0.4 is 4.74 Å². The molecule has 0 aliphatic heterocycles. The van der Waals surface area contributed by atoms with Crippen molar-refractivity contribution in [2.24, 2.45) is 0 Å². The van der Waals surface area contributed by atoms with Crippen molar-refractivity contribution in [3.05, 3.63) is 76.8 Å². The number of pyridine rings is 1. The normalized spacial score (nSPS) is 10.6. The molecule has 4 nitrogen and oxygen atoms in total. The molecule has 0 unspecified atom stereocenters. The van der Waals surface area contributed by atoms with E-state index in [4.69, 9.17) is 16.3 Å². The maximum absolute atomic E-state index is 13.3. The van der Waals surface area contributed by atoms with Gasteiger partial charge in [-0.05, 0) is 29.8 Å². The van der Waals surface area contributed by atoms with Crippen LogP contribution in [0, 0.1) is 11.6 Å². The summed E-state index contributed by atoms with van der Waals surface area (Å²) < 4.78 is 31.9. The molecule has 0 N–H and O–H groups in total. The molecule has 2 heterocycles. The van der Waals surface area contributed by atoms with E-state index < -0.39 is 11.6 Å². The summed E-state index contributed by atoms with van der Waals surface area (Å²) in [5.74, 6) is -1.36. The Hall–Kier alpha value is -2.60. The minimum Gasteiger partial charge on any atom is -0.422 e. The predicted molar refractivity (Wildman–Crippen MR) is 80.5 cm³/mol. The Labute approximate surface area is 135 Å². The number of ether oxygens (including phenoxy) is 1. The van der Waals surface area contributed by atoms with Gasteiger partial charge >= 0.3 is 6.01 Å². The first kappa shape index (κ1) is 15.3. The summed E-state index contributed by atoms with van der Waals surface area (Å²) in [7, 11) is 0. The van der Waals surface area contributed by atoms with E-state index in [2.05, 4.69) is 15.0 Å². The van der Waals surface area contributed by atoms with Crippen LogP contribution in [-0.4, -0.2) is 15.0 Å². The number of hydrogen-bond acceptors (Lipinski definition) is 4. The number of rotatable bonds is 4. The second-order valence-electron chi connectivity index (χ2n) is 4.66. The Bertz CT molecular complexity index is 828. The second-order valence-corrected chi connectivity index (χ2v) is 5.10. The number of aromatic nitrogens is 3. The van der Waals surface area contributed by atoms with Crippen molar-refractivity contribution < 1.29 is 13.5 Å². The lowest BCUT2D eigenvalue weighted by atomic mass is 10.1. The number of benzene rings is 1. The summed E-state index contributed by atoms with van der Waals surface area (Å²) in [5, 5.41) is 0.394. The fourth-order valence-electron chi connectivity index (χ4n) is 1.94. The second kappa shape index (κ2) is 6.66. The van der Waals surface area contributed by atoms with E-state index in [1.165, 1.54) is 18.5 Å². The van der Waals surface area contributed by atoms with Gasteiger partial charge in [0.2, 0.25) is 0 Å². The van der Waals surface area contributed by atoms with Gasteiger partial charge in [0.05, 0.1) is 23.1 Å². The molecule has 7 heteroatoms. The van der Waals surface area contributed by atoms with Gasteiger partial charge in [-0.1, -0.05) is 17.7 Å². The van der Waals surface area contributed by atoms with Crippen molar-refractivity contribution in [3.8, 4) is 11.8 Å². The molecule has 0 amide bonds. The van der Waals surface area contributed by atoms with Crippen LogP contribution in [0.4, 0.5) is 8.78 Å². The Morgan fingerprint density at radius 3 is 2.52 bits per heavy atom. The number of halogens is 3. The summed E-state index contributed by atoms with van der Waals surface area (Å²) in [5.41, 5.74) is 1.13. The van der Waals surface area contributed by atoms with Crippen LogP contribution in [0.5, 0.6) is 11.8 Å². The van der Waals surface area contributed by atoms with Gasteiger partial charge in [0, 0.05) is 12.6 Å². The summed E-state index contributed by atoms with van der Waals surface area (Å²) in [6, 6.07) is 7.22. The molecule has 0 bridgehead atoms. The van der Waals surface area contributed by atoms with Gasteiger partial charge in [-0.3, -0.25) is 4.98 Å².